The maximum absolute atomic E-state index is 5.89. The van der Waals surface area contributed by atoms with Crippen LogP contribution in [-0.2, 0) is 4.74 Å². The van der Waals surface area contributed by atoms with E-state index >= 15 is 0 Å². The number of nitrogens with zero attached hydrogens (tertiary/aromatic N) is 5. The summed E-state index contributed by atoms with van der Waals surface area (Å²) in [6, 6.07) is 12.6. The number of hydrogen-bond acceptors (Lipinski definition) is 5. The molecule has 0 spiro atoms. The SMILES string of the molecule is Cc1ccnc(-n2c(C)cc(C3C(c4ccccn4)NC(=S)N3CCCN3CCOCC3)c2C)c1. The van der Waals surface area contributed by atoms with Crippen molar-refractivity contribution in [2.75, 3.05) is 39.4 Å². The molecule has 0 amide bonds. The second-order valence-electron chi connectivity index (χ2n) is 9.48. The molecule has 2 unspecified atom stereocenters. The van der Waals surface area contributed by atoms with Crippen molar-refractivity contribution in [2.45, 2.75) is 39.3 Å². The quantitative estimate of drug-likeness (QED) is 0.504. The van der Waals surface area contributed by atoms with Crippen LogP contribution in [0.1, 0.15) is 46.7 Å². The largest absolute Gasteiger partial charge is 0.379 e. The number of morpholine rings is 1. The van der Waals surface area contributed by atoms with E-state index < -0.39 is 0 Å². The molecular weight excluding hydrogens is 456 g/mol. The number of nitrogens with one attached hydrogen (secondary N) is 1. The van der Waals surface area contributed by atoms with Crippen molar-refractivity contribution < 1.29 is 4.74 Å². The Balaban J connectivity index is 1.47. The van der Waals surface area contributed by atoms with Crippen molar-refractivity contribution in [3.63, 3.8) is 0 Å². The Kier molecular flexibility index (Phi) is 7.13. The summed E-state index contributed by atoms with van der Waals surface area (Å²) in [5.41, 5.74) is 5.83. The molecule has 0 aromatic carbocycles. The number of hydrogen-bond donors (Lipinski definition) is 1. The van der Waals surface area contributed by atoms with Crippen molar-refractivity contribution in [1.82, 2.24) is 29.7 Å². The Morgan fingerprint density at radius 3 is 2.60 bits per heavy atom. The molecule has 0 saturated carbocycles. The summed E-state index contributed by atoms with van der Waals surface area (Å²) in [6.45, 7) is 12.1. The molecule has 7 nitrogen and oxygen atoms in total. The lowest BCUT2D eigenvalue weighted by molar-refractivity contribution is 0.0365. The van der Waals surface area contributed by atoms with E-state index in [4.69, 9.17) is 21.9 Å². The van der Waals surface area contributed by atoms with Gasteiger partial charge in [0.1, 0.15) is 5.82 Å². The molecular formula is C27H34N6OS. The molecule has 35 heavy (non-hydrogen) atoms. The number of pyridine rings is 2. The summed E-state index contributed by atoms with van der Waals surface area (Å²) < 4.78 is 7.76. The number of rotatable bonds is 7. The molecule has 2 aliphatic heterocycles. The average Bonchev–Trinajstić information content (AvgIpc) is 3.35. The van der Waals surface area contributed by atoms with E-state index in [9.17, 15) is 0 Å². The normalized spacial score (nSPS) is 20.9. The predicted molar refractivity (Wildman–Crippen MR) is 142 cm³/mol. The highest BCUT2D eigenvalue weighted by Crippen LogP contribution is 2.41. The van der Waals surface area contributed by atoms with Gasteiger partial charge in [-0.25, -0.2) is 4.98 Å². The smallest absolute Gasteiger partial charge is 0.170 e. The molecule has 0 aliphatic carbocycles. The third kappa shape index (κ3) is 4.96. The number of thiocarbonyl (C=S) groups is 1. The van der Waals surface area contributed by atoms with Crippen LogP contribution in [0.25, 0.3) is 5.82 Å². The van der Waals surface area contributed by atoms with Gasteiger partial charge >= 0.3 is 0 Å². The van der Waals surface area contributed by atoms with E-state index in [0.717, 1.165) is 62.4 Å². The second kappa shape index (κ2) is 10.4. The summed E-state index contributed by atoms with van der Waals surface area (Å²) in [4.78, 5) is 14.2. The van der Waals surface area contributed by atoms with Crippen molar-refractivity contribution >= 4 is 17.3 Å². The first-order valence-electron chi connectivity index (χ1n) is 12.4. The van der Waals surface area contributed by atoms with Gasteiger partial charge in [0, 0.05) is 50.0 Å². The van der Waals surface area contributed by atoms with Crippen LogP contribution in [0.15, 0.2) is 48.8 Å². The Morgan fingerprint density at radius 2 is 1.86 bits per heavy atom. The van der Waals surface area contributed by atoms with Crippen LogP contribution in [0.4, 0.5) is 0 Å². The van der Waals surface area contributed by atoms with Crippen molar-refractivity contribution in [3.05, 3.63) is 77.0 Å². The van der Waals surface area contributed by atoms with Crippen LogP contribution < -0.4 is 5.32 Å². The van der Waals surface area contributed by atoms with Gasteiger partial charge in [0.15, 0.2) is 5.11 Å². The second-order valence-corrected chi connectivity index (χ2v) is 9.87. The first-order chi connectivity index (χ1) is 17.0. The van der Waals surface area contributed by atoms with Gasteiger partial charge in [-0.05, 0) is 80.9 Å². The fourth-order valence-electron chi connectivity index (χ4n) is 5.36. The molecule has 8 heteroatoms. The zero-order valence-electron chi connectivity index (χ0n) is 20.8. The van der Waals surface area contributed by atoms with Gasteiger partial charge in [-0.2, -0.15) is 0 Å². The lowest BCUT2D eigenvalue weighted by Crippen LogP contribution is -2.39. The number of ether oxygens (including phenoxy) is 1. The van der Waals surface area contributed by atoms with Crippen LogP contribution in [0.3, 0.4) is 0 Å². The summed E-state index contributed by atoms with van der Waals surface area (Å²) in [6.07, 6.45) is 4.79. The minimum absolute atomic E-state index is 0.00787. The summed E-state index contributed by atoms with van der Waals surface area (Å²) in [5.74, 6) is 0.952. The molecule has 0 radical (unpaired) electrons. The monoisotopic (exact) mass is 490 g/mol. The molecule has 5 heterocycles. The molecule has 1 N–H and O–H groups in total. The fourth-order valence-corrected chi connectivity index (χ4v) is 5.69. The standard InChI is InChI=1S/C27H34N6OS/c1-19-8-10-29-24(17-19)33-20(2)18-22(21(33)3)26-25(23-7-4-5-9-28-23)30-27(35)32(26)12-6-11-31-13-15-34-16-14-31/h4-5,7-10,17-18,25-26H,6,11-16H2,1-3H3,(H,30,35). The molecule has 0 bridgehead atoms. The topological polar surface area (TPSA) is 58.5 Å². The summed E-state index contributed by atoms with van der Waals surface area (Å²) in [5, 5.41) is 4.40. The van der Waals surface area contributed by atoms with Gasteiger partial charge < -0.3 is 19.5 Å². The van der Waals surface area contributed by atoms with Crippen molar-refractivity contribution in [3.8, 4) is 5.82 Å². The Hall–Kier alpha value is -2.81. The van der Waals surface area contributed by atoms with E-state index in [-0.39, 0.29) is 12.1 Å². The molecule has 5 rings (SSSR count). The Bertz CT molecular complexity index is 1170. The lowest BCUT2D eigenvalue weighted by atomic mass is 9.96. The van der Waals surface area contributed by atoms with Gasteiger partial charge in [-0.1, -0.05) is 6.07 Å². The highest BCUT2D eigenvalue weighted by molar-refractivity contribution is 7.80. The molecule has 2 saturated heterocycles. The van der Waals surface area contributed by atoms with Gasteiger partial charge in [0.05, 0.1) is 31.0 Å². The highest BCUT2D eigenvalue weighted by Gasteiger charge is 2.41. The number of aryl methyl sites for hydroxylation is 2. The van der Waals surface area contributed by atoms with Crippen LogP contribution in [0.2, 0.25) is 0 Å². The van der Waals surface area contributed by atoms with Gasteiger partial charge in [-0.3, -0.25) is 9.88 Å². The molecule has 2 aliphatic rings. The maximum atomic E-state index is 5.89. The van der Waals surface area contributed by atoms with Gasteiger partial charge in [-0.15, -0.1) is 0 Å². The zero-order valence-corrected chi connectivity index (χ0v) is 21.6. The molecule has 2 atom stereocenters. The first kappa shape index (κ1) is 23.9. The summed E-state index contributed by atoms with van der Waals surface area (Å²) in [7, 11) is 0. The molecule has 3 aromatic heterocycles. The Morgan fingerprint density at radius 1 is 1.03 bits per heavy atom. The van der Waals surface area contributed by atoms with Crippen LogP contribution >= 0.6 is 12.2 Å². The van der Waals surface area contributed by atoms with Crippen LogP contribution in [0, 0.1) is 20.8 Å². The van der Waals surface area contributed by atoms with Crippen LogP contribution in [-0.4, -0.2) is 68.8 Å². The van der Waals surface area contributed by atoms with E-state index in [1.807, 2.05) is 30.6 Å². The lowest BCUT2D eigenvalue weighted by Gasteiger charge is -2.30. The van der Waals surface area contributed by atoms with Gasteiger partial charge in [0.2, 0.25) is 0 Å². The number of aromatic nitrogens is 3. The van der Waals surface area contributed by atoms with Crippen molar-refractivity contribution in [1.29, 1.82) is 0 Å². The predicted octanol–water partition coefficient (Wildman–Crippen LogP) is 3.89. The molecule has 2 fully saturated rings. The minimum atomic E-state index is -0.00787. The Labute approximate surface area is 213 Å². The molecule has 3 aromatic rings. The first-order valence-corrected chi connectivity index (χ1v) is 12.8. The third-order valence-corrected chi connectivity index (χ3v) is 7.45. The summed E-state index contributed by atoms with van der Waals surface area (Å²) >= 11 is 5.89. The van der Waals surface area contributed by atoms with E-state index in [0.29, 0.717) is 0 Å². The fraction of sp³-hybridized carbons (Fsp3) is 0.444. The highest BCUT2D eigenvalue weighted by atomic mass is 32.1. The third-order valence-electron chi connectivity index (χ3n) is 7.09. The molecule has 184 valence electrons. The van der Waals surface area contributed by atoms with Gasteiger partial charge in [0.25, 0.3) is 0 Å². The van der Waals surface area contributed by atoms with Crippen molar-refractivity contribution in [2.24, 2.45) is 0 Å². The van der Waals surface area contributed by atoms with E-state index in [1.165, 1.54) is 22.5 Å². The minimum Gasteiger partial charge on any atom is -0.379 e. The van der Waals surface area contributed by atoms with Crippen LogP contribution in [0.5, 0.6) is 0 Å². The van der Waals surface area contributed by atoms with E-state index in [2.05, 4.69) is 63.6 Å². The average molecular weight is 491 g/mol. The zero-order chi connectivity index (χ0) is 24.4. The van der Waals surface area contributed by atoms with E-state index in [1.54, 1.807) is 0 Å². The maximum Gasteiger partial charge on any atom is 0.170 e.